The summed E-state index contributed by atoms with van der Waals surface area (Å²) >= 11 is 0.434. The van der Waals surface area contributed by atoms with Gasteiger partial charge in [-0.3, -0.25) is 9.59 Å². The van der Waals surface area contributed by atoms with Crippen LogP contribution in [0.2, 0.25) is 0 Å². The summed E-state index contributed by atoms with van der Waals surface area (Å²) in [6.45, 7) is 0.812. The Bertz CT molecular complexity index is 513. The molecule has 1 aliphatic heterocycles. The van der Waals surface area contributed by atoms with Crippen LogP contribution in [0, 0.1) is 5.92 Å². The molecule has 1 aliphatic rings. The number of aliphatic carboxylic acids is 1. The molecule has 1 aromatic rings. The van der Waals surface area contributed by atoms with Gasteiger partial charge in [0.05, 0.1) is 5.92 Å². The van der Waals surface area contributed by atoms with Crippen molar-refractivity contribution in [2.24, 2.45) is 5.92 Å². The van der Waals surface area contributed by atoms with E-state index in [0.717, 1.165) is 0 Å². The molecule has 0 spiro atoms. The second-order valence-corrected chi connectivity index (χ2v) is 5.87. The molecule has 0 aromatic heterocycles. The van der Waals surface area contributed by atoms with Gasteiger partial charge in [0.15, 0.2) is 0 Å². The van der Waals surface area contributed by atoms with Crippen molar-refractivity contribution in [1.29, 1.82) is 0 Å². The Morgan fingerprint density at radius 1 is 1.19 bits per heavy atom. The van der Waals surface area contributed by atoms with Crippen molar-refractivity contribution in [3.63, 3.8) is 0 Å². The lowest BCUT2D eigenvalue weighted by atomic mass is 9.96. The number of likely N-dealkylation sites (tertiary alicyclic amines) is 1. The van der Waals surface area contributed by atoms with Gasteiger partial charge in [-0.15, -0.1) is 0 Å². The van der Waals surface area contributed by atoms with Gasteiger partial charge in [-0.2, -0.15) is 8.78 Å². The first kappa shape index (κ1) is 15.8. The third-order valence-corrected chi connectivity index (χ3v) is 4.18. The molecule has 1 N–H and O–H groups in total. The lowest BCUT2D eigenvalue weighted by molar-refractivity contribution is -0.143. The second kappa shape index (κ2) is 6.89. The molecular weight excluding hydrogens is 300 g/mol. The van der Waals surface area contributed by atoms with Crippen LogP contribution in [0.3, 0.4) is 0 Å². The number of rotatable bonds is 4. The zero-order chi connectivity index (χ0) is 15.4. The van der Waals surface area contributed by atoms with Crippen LogP contribution in [0.4, 0.5) is 8.78 Å². The molecule has 2 rings (SSSR count). The van der Waals surface area contributed by atoms with E-state index in [0.29, 0.717) is 48.2 Å². The number of alkyl halides is 2. The average molecular weight is 315 g/mol. The van der Waals surface area contributed by atoms with Gasteiger partial charge in [-0.05, 0) is 37.1 Å². The van der Waals surface area contributed by atoms with Crippen LogP contribution in [0.5, 0.6) is 0 Å². The number of carbonyl (C=O) groups is 2. The molecule has 1 aromatic carbocycles. The Labute approximate surface area is 125 Å². The summed E-state index contributed by atoms with van der Waals surface area (Å²) in [5.74, 6) is -3.89. The van der Waals surface area contributed by atoms with E-state index in [4.69, 9.17) is 5.11 Å². The minimum atomic E-state index is -2.48. The number of carboxylic acid groups (broad SMARTS) is 1. The van der Waals surface area contributed by atoms with Crippen molar-refractivity contribution in [2.75, 3.05) is 13.1 Å². The van der Waals surface area contributed by atoms with E-state index in [1.165, 1.54) is 24.3 Å². The van der Waals surface area contributed by atoms with Gasteiger partial charge < -0.3 is 10.0 Å². The number of halogens is 2. The number of thioether (sulfide) groups is 1. The Balaban J connectivity index is 1.96. The van der Waals surface area contributed by atoms with E-state index in [2.05, 4.69) is 0 Å². The third-order valence-electron chi connectivity index (χ3n) is 3.46. The predicted molar refractivity (Wildman–Crippen MR) is 74.6 cm³/mol. The summed E-state index contributed by atoms with van der Waals surface area (Å²) in [7, 11) is 0. The molecule has 1 heterocycles. The summed E-state index contributed by atoms with van der Waals surface area (Å²) in [6.07, 6.45) is 0.890. The third kappa shape index (κ3) is 4.17. The fraction of sp³-hybridized carbons (Fsp3) is 0.429. The number of hydrogen-bond donors (Lipinski definition) is 1. The standard InChI is InChI=1S/C14H15F2NO3S/c15-14(16)21-11-3-1-9(2-4-11)12(18)17-7-5-10(6-8-17)13(19)20/h1-4,10,14H,5-8H2,(H,19,20). The fourth-order valence-corrected chi connectivity index (χ4v) is 2.79. The van der Waals surface area contributed by atoms with Crippen molar-refractivity contribution in [3.8, 4) is 0 Å². The number of benzene rings is 1. The molecule has 21 heavy (non-hydrogen) atoms. The molecule has 0 bridgehead atoms. The van der Waals surface area contributed by atoms with Crippen LogP contribution < -0.4 is 0 Å². The number of piperidine rings is 1. The van der Waals surface area contributed by atoms with E-state index in [9.17, 15) is 18.4 Å². The fourth-order valence-electron chi connectivity index (χ4n) is 2.29. The largest absolute Gasteiger partial charge is 0.481 e. The first-order valence-electron chi connectivity index (χ1n) is 6.54. The Morgan fingerprint density at radius 3 is 2.24 bits per heavy atom. The summed E-state index contributed by atoms with van der Waals surface area (Å²) < 4.78 is 24.4. The highest BCUT2D eigenvalue weighted by molar-refractivity contribution is 7.99. The molecule has 1 saturated heterocycles. The maximum Gasteiger partial charge on any atom is 0.306 e. The van der Waals surface area contributed by atoms with Crippen LogP contribution >= 0.6 is 11.8 Å². The van der Waals surface area contributed by atoms with Crippen molar-refractivity contribution in [1.82, 2.24) is 4.90 Å². The average Bonchev–Trinajstić information content (AvgIpc) is 2.47. The monoisotopic (exact) mass is 315 g/mol. The van der Waals surface area contributed by atoms with Crippen LogP contribution in [0.1, 0.15) is 23.2 Å². The van der Waals surface area contributed by atoms with Crippen LogP contribution in [-0.4, -0.2) is 40.7 Å². The summed E-state index contributed by atoms with van der Waals surface area (Å²) in [6, 6.07) is 6.04. The molecule has 0 saturated carbocycles. The minimum absolute atomic E-state index is 0.188. The minimum Gasteiger partial charge on any atom is -0.481 e. The van der Waals surface area contributed by atoms with Gasteiger partial charge in [0, 0.05) is 23.5 Å². The maximum atomic E-state index is 12.2. The van der Waals surface area contributed by atoms with Gasteiger partial charge in [-0.1, -0.05) is 11.8 Å². The van der Waals surface area contributed by atoms with Crippen LogP contribution in [-0.2, 0) is 4.79 Å². The Morgan fingerprint density at radius 2 is 1.76 bits per heavy atom. The number of carboxylic acids is 1. The number of hydrogen-bond acceptors (Lipinski definition) is 3. The number of carbonyl (C=O) groups excluding carboxylic acids is 1. The van der Waals surface area contributed by atoms with Crippen molar-refractivity contribution in [3.05, 3.63) is 29.8 Å². The number of amides is 1. The van der Waals surface area contributed by atoms with Gasteiger partial charge in [0.25, 0.3) is 11.7 Å². The lowest BCUT2D eigenvalue weighted by Gasteiger charge is -2.30. The zero-order valence-electron chi connectivity index (χ0n) is 11.2. The molecular formula is C14H15F2NO3S. The topological polar surface area (TPSA) is 57.6 Å². The van der Waals surface area contributed by atoms with Gasteiger partial charge in [0.2, 0.25) is 0 Å². The molecule has 114 valence electrons. The lowest BCUT2D eigenvalue weighted by Crippen LogP contribution is -2.40. The van der Waals surface area contributed by atoms with Crippen LogP contribution in [0.15, 0.2) is 29.2 Å². The smallest absolute Gasteiger partial charge is 0.306 e. The van der Waals surface area contributed by atoms with E-state index < -0.39 is 11.7 Å². The molecule has 7 heteroatoms. The Hall–Kier alpha value is -1.63. The molecule has 4 nitrogen and oxygen atoms in total. The summed E-state index contributed by atoms with van der Waals surface area (Å²) in [4.78, 5) is 25.1. The zero-order valence-corrected chi connectivity index (χ0v) is 12.0. The van der Waals surface area contributed by atoms with E-state index in [1.54, 1.807) is 4.90 Å². The molecule has 1 amide bonds. The van der Waals surface area contributed by atoms with E-state index in [1.807, 2.05) is 0 Å². The first-order valence-corrected chi connectivity index (χ1v) is 7.42. The Kier molecular flexibility index (Phi) is 5.17. The van der Waals surface area contributed by atoms with Gasteiger partial charge in [-0.25, -0.2) is 0 Å². The molecule has 0 radical (unpaired) electrons. The van der Waals surface area contributed by atoms with Crippen molar-refractivity contribution < 1.29 is 23.5 Å². The van der Waals surface area contributed by atoms with Gasteiger partial charge >= 0.3 is 5.97 Å². The molecule has 0 atom stereocenters. The van der Waals surface area contributed by atoms with E-state index >= 15 is 0 Å². The molecule has 1 fully saturated rings. The molecule has 0 unspecified atom stereocenters. The second-order valence-electron chi connectivity index (χ2n) is 4.81. The van der Waals surface area contributed by atoms with Crippen LogP contribution in [0.25, 0.3) is 0 Å². The highest BCUT2D eigenvalue weighted by Gasteiger charge is 2.27. The maximum absolute atomic E-state index is 12.2. The van der Waals surface area contributed by atoms with E-state index in [-0.39, 0.29) is 11.8 Å². The first-order chi connectivity index (χ1) is 9.97. The number of nitrogens with zero attached hydrogens (tertiary/aromatic N) is 1. The summed E-state index contributed by atoms with van der Waals surface area (Å²) in [5.41, 5.74) is 0.433. The van der Waals surface area contributed by atoms with Crippen molar-refractivity contribution in [2.45, 2.75) is 23.5 Å². The highest BCUT2D eigenvalue weighted by atomic mass is 32.2. The van der Waals surface area contributed by atoms with Crippen molar-refractivity contribution >= 4 is 23.6 Å². The highest BCUT2D eigenvalue weighted by Crippen LogP contribution is 2.26. The summed E-state index contributed by atoms with van der Waals surface area (Å²) in [5, 5.41) is 8.92. The normalized spacial score (nSPS) is 16.2. The SMILES string of the molecule is O=C(O)C1CCN(C(=O)c2ccc(SC(F)F)cc2)CC1. The predicted octanol–water partition coefficient (Wildman–Crippen LogP) is 2.94. The quantitative estimate of drug-likeness (QED) is 0.868. The molecule has 0 aliphatic carbocycles. The van der Waals surface area contributed by atoms with Gasteiger partial charge in [0.1, 0.15) is 0 Å².